The molecule has 0 fully saturated rings. The van der Waals surface area contributed by atoms with Gasteiger partial charge in [0.15, 0.2) is 0 Å². The summed E-state index contributed by atoms with van der Waals surface area (Å²) < 4.78 is 14.9. The van der Waals surface area contributed by atoms with Crippen molar-refractivity contribution in [3.05, 3.63) is 59.2 Å². The number of hydrogen-bond donors (Lipinski definition) is 1. The molecule has 17 heavy (non-hydrogen) atoms. The van der Waals surface area contributed by atoms with Crippen LogP contribution in [0.1, 0.15) is 16.7 Å². The Hall–Kier alpha value is -2.12. The highest BCUT2D eigenvalue weighted by Gasteiger charge is 2.05. The highest BCUT2D eigenvalue weighted by Crippen LogP contribution is 2.13. The second kappa shape index (κ2) is 4.81. The Morgan fingerprint density at radius 1 is 1.35 bits per heavy atom. The molecule has 0 spiro atoms. The molecule has 0 aliphatic rings. The van der Waals surface area contributed by atoms with Crippen LogP contribution in [0.15, 0.2) is 36.7 Å². The van der Waals surface area contributed by atoms with Crippen LogP contribution >= 0.6 is 0 Å². The molecule has 2 rings (SSSR count). The van der Waals surface area contributed by atoms with Crippen molar-refractivity contribution in [2.24, 2.45) is 0 Å². The molecule has 0 radical (unpaired) electrons. The van der Waals surface area contributed by atoms with Gasteiger partial charge in [-0.05, 0) is 35.4 Å². The summed E-state index contributed by atoms with van der Waals surface area (Å²) in [5, 5.41) is 17.9. The number of nitrogens with zero attached hydrogens (tertiary/aromatic N) is 2. The van der Waals surface area contributed by atoms with Gasteiger partial charge in [0.1, 0.15) is 5.82 Å². The topological polar surface area (TPSA) is 49.0 Å². The summed E-state index contributed by atoms with van der Waals surface area (Å²) in [5.74, 6) is -0.353. The van der Waals surface area contributed by atoms with Crippen LogP contribution in [0.25, 0.3) is 0 Å². The average molecular weight is 230 g/mol. The Kier molecular flexibility index (Phi) is 3.22. The first kappa shape index (κ1) is 11.4. The van der Waals surface area contributed by atoms with Crippen molar-refractivity contribution in [2.75, 3.05) is 0 Å². The molecule has 0 bridgehead atoms. The number of aliphatic hydroxyl groups excluding tert-OH is 1. The van der Waals surface area contributed by atoms with Gasteiger partial charge in [0.25, 0.3) is 0 Å². The van der Waals surface area contributed by atoms with Gasteiger partial charge in [-0.3, -0.25) is 0 Å². The largest absolute Gasteiger partial charge is 0.392 e. The Bertz CT molecular complexity index is 569. The second-order valence-corrected chi connectivity index (χ2v) is 3.76. The Morgan fingerprint density at radius 2 is 2.18 bits per heavy atom. The maximum absolute atomic E-state index is 13.1. The number of aromatic nitrogens is 1. The van der Waals surface area contributed by atoms with Crippen molar-refractivity contribution in [1.82, 2.24) is 4.57 Å². The molecule has 0 aliphatic carbocycles. The van der Waals surface area contributed by atoms with Gasteiger partial charge >= 0.3 is 0 Å². The normalized spacial score (nSPS) is 10.2. The average Bonchev–Trinajstić information content (AvgIpc) is 2.77. The van der Waals surface area contributed by atoms with Crippen LogP contribution in [0.3, 0.4) is 0 Å². The number of nitriles is 1. The molecule has 4 heteroatoms. The van der Waals surface area contributed by atoms with E-state index in [0.717, 1.165) is 5.56 Å². The molecular formula is C13H11FN2O. The summed E-state index contributed by atoms with van der Waals surface area (Å²) in [6, 6.07) is 7.92. The molecule has 1 aromatic carbocycles. The van der Waals surface area contributed by atoms with Crippen LogP contribution in [0.5, 0.6) is 0 Å². The van der Waals surface area contributed by atoms with Crippen molar-refractivity contribution in [3.8, 4) is 6.07 Å². The maximum Gasteiger partial charge on any atom is 0.123 e. The summed E-state index contributed by atoms with van der Waals surface area (Å²) in [7, 11) is 0. The number of halogens is 1. The number of benzene rings is 1. The van der Waals surface area contributed by atoms with E-state index in [4.69, 9.17) is 10.4 Å². The molecule has 0 amide bonds. The highest BCUT2D eigenvalue weighted by molar-refractivity contribution is 5.38. The zero-order valence-electron chi connectivity index (χ0n) is 9.10. The van der Waals surface area contributed by atoms with Gasteiger partial charge in [-0.15, -0.1) is 0 Å². The SMILES string of the molecule is N#Cc1ccc(F)cc1Cn1ccc(CO)c1. The first-order chi connectivity index (χ1) is 8.22. The molecule has 1 heterocycles. The van der Waals surface area contributed by atoms with Crippen molar-refractivity contribution in [3.63, 3.8) is 0 Å². The third kappa shape index (κ3) is 2.52. The Morgan fingerprint density at radius 3 is 2.82 bits per heavy atom. The lowest BCUT2D eigenvalue weighted by Crippen LogP contribution is -2.00. The minimum atomic E-state index is -0.353. The van der Waals surface area contributed by atoms with E-state index < -0.39 is 0 Å². The fourth-order valence-electron chi connectivity index (χ4n) is 1.68. The van der Waals surface area contributed by atoms with E-state index in [1.54, 1.807) is 23.0 Å². The predicted molar refractivity (Wildman–Crippen MR) is 60.6 cm³/mol. The van der Waals surface area contributed by atoms with Gasteiger partial charge in [-0.2, -0.15) is 5.26 Å². The lowest BCUT2D eigenvalue weighted by atomic mass is 10.1. The zero-order valence-corrected chi connectivity index (χ0v) is 9.10. The number of hydrogen-bond acceptors (Lipinski definition) is 2. The summed E-state index contributed by atoms with van der Waals surface area (Å²) in [6.45, 7) is 0.391. The Labute approximate surface area is 98.4 Å². The molecular weight excluding hydrogens is 219 g/mol. The van der Waals surface area contributed by atoms with Gasteiger partial charge in [-0.25, -0.2) is 4.39 Å². The molecule has 3 nitrogen and oxygen atoms in total. The minimum Gasteiger partial charge on any atom is -0.392 e. The molecule has 2 aromatic rings. The molecule has 0 saturated carbocycles. The minimum absolute atomic E-state index is 0.0265. The van der Waals surface area contributed by atoms with E-state index in [0.29, 0.717) is 17.7 Å². The second-order valence-electron chi connectivity index (χ2n) is 3.76. The molecule has 0 saturated heterocycles. The van der Waals surface area contributed by atoms with Gasteiger partial charge in [-0.1, -0.05) is 0 Å². The van der Waals surface area contributed by atoms with E-state index in [1.807, 2.05) is 6.07 Å². The maximum atomic E-state index is 13.1. The van der Waals surface area contributed by atoms with Gasteiger partial charge in [0, 0.05) is 18.9 Å². The molecule has 1 aromatic heterocycles. The summed E-state index contributed by atoms with van der Waals surface area (Å²) >= 11 is 0. The van der Waals surface area contributed by atoms with E-state index >= 15 is 0 Å². The van der Waals surface area contributed by atoms with E-state index in [-0.39, 0.29) is 12.4 Å². The van der Waals surface area contributed by atoms with Crippen molar-refractivity contribution < 1.29 is 9.50 Å². The van der Waals surface area contributed by atoms with Gasteiger partial charge in [0.05, 0.1) is 18.2 Å². The predicted octanol–water partition coefficient (Wildman–Crippen LogP) is 2.04. The summed E-state index contributed by atoms with van der Waals surface area (Å²) in [4.78, 5) is 0. The van der Waals surface area contributed by atoms with Crippen LogP contribution in [0, 0.1) is 17.1 Å². The third-order valence-corrected chi connectivity index (χ3v) is 2.53. The monoisotopic (exact) mass is 230 g/mol. The summed E-state index contributed by atoms with van der Waals surface area (Å²) in [5.41, 5.74) is 1.89. The quantitative estimate of drug-likeness (QED) is 0.877. The van der Waals surface area contributed by atoms with Crippen LogP contribution < -0.4 is 0 Å². The fourth-order valence-corrected chi connectivity index (χ4v) is 1.68. The fraction of sp³-hybridized carbons (Fsp3) is 0.154. The molecule has 0 aliphatic heterocycles. The van der Waals surface area contributed by atoms with Crippen LogP contribution in [-0.2, 0) is 13.2 Å². The molecule has 1 N–H and O–H groups in total. The van der Waals surface area contributed by atoms with E-state index in [2.05, 4.69) is 0 Å². The zero-order chi connectivity index (χ0) is 12.3. The van der Waals surface area contributed by atoms with Crippen molar-refractivity contribution >= 4 is 0 Å². The van der Waals surface area contributed by atoms with Crippen LogP contribution in [-0.4, -0.2) is 9.67 Å². The van der Waals surface area contributed by atoms with Gasteiger partial charge < -0.3 is 9.67 Å². The molecule has 0 atom stereocenters. The molecule has 86 valence electrons. The van der Waals surface area contributed by atoms with Crippen molar-refractivity contribution in [1.29, 1.82) is 5.26 Å². The molecule has 0 unspecified atom stereocenters. The lowest BCUT2D eigenvalue weighted by Gasteiger charge is -2.05. The van der Waals surface area contributed by atoms with Gasteiger partial charge in [0.2, 0.25) is 0 Å². The number of aliphatic hydroxyl groups is 1. The lowest BCUT2D eigenvalue weighted by molar-refractivity contribution is 0.282. The first-order valence-corrected chi connectivity index (χ1v) is 5.17. The highest BCUT2D eigenvalue weighted by atomic mass is 19.1. The van der Waals surface area contributed by atoms with E-state index in [9.17, 15) is 4.39 Å². The standard InChI is InChI=1S/C13H11FN2O/c14-13-2-1-11(6-15)12(5-13)8-16-4-3-10(7-16)9-17/h1-5,7,17H,8-9H2. The first-order valence-electron chi connectivity index (χ1n) is 5.17. The van der Waals surface area contributed by atoms with E-state index in [1.165, 1.54) is 18.2 Å². The summed E-state index contributed by atoms with van der Waals surface area (Å²) in [6.07, 6.45) is 3.56. The van der Waals surface area contributed by atoms with Crippen LogP contribution in [0.4, 0.5) is 4.39 Å². The third-order valence-electron chi connectivity index (χ3n) is 2.53. The van der Waals surface area contributed by atoms with Crippen LogP contribution in [0.2, 0.25) is 0 Å². The Balaban J connectivity index is 2.29. The number of rotatable bonds is 3. The smallest absolute Gasteiger partial charge is 0.123 e. The van der Waals surface area contributed by atoms with Crippen molar-refractivity contribution in [2.45, 2.75) is 13.2 Å².